The van der Waals surface area contributed by atoms with Gasteiger partial charge in [-0.15, -0.1) is 0 Å². The minimum absolute atomic E-state index is 0.121. The van der Waals surface area contributed by atoms with Crippen LogP contribution in [0, 0.1) is 0 Å². The smallest absolute Gasteiger partial charge is 0.307 e. The molecular formula is C18H19BrN2O5. The Labute approximate surface area is 159 Å². The Bertz CT molecular complexity index is 785. The lowest BCUT2D eigenvalue weighted by Crippen LogP contribution is -2.35. The minimum atomic E-state index is -0.374. The number of halogens is 1. The van der Waals surface area contributed by atoms with Crippen molar-refractivity contribution in [3.8, 4) is 0 Å². The fourth-order valence-corrected chi connectivity index (χ4v) is 2.54. The lowest BCUT2D eigenvalue weighted by atomic mass is 10.1. The van der Waals surface area contributed by atoms with Crippen molar-refractivity contribution in [1.29, 1.82) is 0 Å². The summed E-state index contributed by atoms with van der Waals surface area (Å²) in [5, 5.41) is 5.44. The Morgan fingerprint density at radius 1 is 1.15 bits per heavy atom. The highest BCUT2D eigenvalue weighted by atomic mass is 79.9. The molecule has 1 unspecified atom stereocenters. The van der Waals surface area contributed by atoms with Crippen LogP contribution < -0.4 is 10.6 Å². The normalized spacial score (nSPS) is 11.5. The number of nitrogens with one attached hydrogen (secondary N) is 2. The zero-order valence-corrected chi connectivity index (χ0v) is 16.0. The molecule has 8 heteroatoms. The third kappa shape index (κ3) is 6.03. The minimum Gasteiger partial charge on any atom is -0.469 e. The lowest BCUT2D eigenvalue weighted by Gasteiger charge is -2.12. The molecule has 0 aliphatic rings. The summed E-state index contributed by atoms with van der Waals surface area (Å²) < 4.78 is 10.2. The second-order valence-corrected chi connectivity index (χ2v) is 6.46. The van der Waals surface area contributed by atoms with Crippen LogP contribution in [-0.4, -0.2) is 30.9 Å². The number of esters is 1. The lowest BCUT2D eigenvalue weighted by molar-refractivity contribution is -0.141. The third-order valence-corrected chi connectivity index (χ3v) is 3.91. The van der Waals surface area contributed by atoms with Crippen molar-refractivity contribution in [3.05, 3.63) is 52.4 Å². The predicted molar refractivity (Wildman–Crippen MR) is 98.7 cm³/mol. The van der Waals surface area contributed by atoms with Crippen LogP contribution in [-0.2, 0) is 20.7 Å². The van der Waals surface area contributed by atoms with Gasteiger partial charge in [0, 0.05) is 11.7 Å². The van der Waals surface area contributed by atoms with Gasteiger partial charge in [-0.3, -0.25) is 14.4 Å². The van der Waals surface area contributed by atoms with Gasteiger partial charge in [0.1, 0.15) is 0 Å². The van der Waals surface area contributed by atoms with Gasteiger partial charge in [-0.25, -0.2) is 0 Å². The summed E-state index contributed by atoms with van der Waals surface area (Å²) in [5.41, 5.74) is 1.37. The summed E-state index contributed by atoms with van der Waals surface area (Å²) in [6.07, 6.45) is 0.293. The fraction of sp³-hybridized carbons (Fsp3) is 0.278. The average Bonchev–Trinajstić information content (AvgIpc) is 3.02. The predicted octanol–water partition coefficient (Wildman–Crippen LogP) is 2.90. The van der Waals surface area contributed by atoms with Gasteiger partial charge < -0.3 is 19.8 Å². The molecule has 1 aromatic heterocycles. The number of benzene rings is 1. The van der Waals surface area contributed by atoms with E-state index in [0.717, 1.165) is 5.56 Å². The first-order chi connectivity index (χ1) is 12.4. The maximum absolute atomic E-state index is 12.0. The molecule has 2 amide bonds. The van der Waals surface area contributed by atoms with E-state index in [0.29, 0.717) is 10.4 Å². The van der Waals surface area contributed by atoms with E-state index in [1.54, 1.807) is 43.3 Å². The van der Waals surface area contributed by atoms with Crippen LogP contribution in [0.5, 0.6) is 0 Å². The highest BCUT2D eigenvalue weighted by Crippen LogP contribution is 2.16. The summed E-state index contributed by atoms with van der Waals surface area (Å²) in [7, 11) is 1.31. The van der Waals surface area contributed by atoms with Crippen LogP contribution in [0.2, 0.25) is 0 Å². The number of anilines is 1. The van der Waals surface area contributed by atoms with Crippen LogP contribution >= 0.6 is 15.9 Å². The van der Waals surface area contributed by atoms with Gasteiger partial charge in [-0.05, 0) is 52.7 Å². The topological polar surface area (TPSA) is 97.6 Å². The van der Waals surface area contributed by atoms with Crippen molar-refractivity contribution < 1.29 is 23.5 Å². The fourth-order valence-electron chi connectivity index (χ4n) is 2.23. The highest BCUT2D eigenvalue weighted by molar-refractivity contribution is 9.10. The van der Waals surface area contributed by atoms with E-state index in [9.17, 15) is 14.4 Å². The number of hydrogen-bond acceptors (Lipinski definition) is 5. The van der Waals surface area contributed by atoms with Crippen molar-refractivity contribution in [2.75, 3.05) is 12.4 Å². The van der Waals surface area contributed by atoms with E-state index >= 15 is 0 Å². The van der Waals surface area contributed by atoms with Gasteiger partial charge in [0.2, 0.25) is 5.91 Å². The Morgan fingerprint density at radius 2 is 1.85 bits per heavy atom. The molecule has 0 radical (unpaired) electrons. The van der Waals surface area contributed by atoms with E-state index in [2.05, 4.69) is 31.3 Å². The molecule has 1 heterocycles. The van der Waals surface area contributed by atoms with E-state index < -0.39 is 0 Å². The summed E-state index contributed by atoms with van der Waals surface area (Å²) in [6, 6.07) is 9.80. The maximum Gasteiger partial charge on any atom is 0.307 e. The zero-order chi connectivity index (χ0) is 19.1. The van der Waals surface area contributed by atoms with Crippen molar-refractivity contribution in [2.24, 2.45) is 0 Å². The van der Waals surface area contributed by atoms with E-state index in [1.165, 1.54) is 7.11 Å². The number of rotatable bonds is 7. The molecule has 2 aromatic rings. The van der Waals surface area contributed by atoms with Crippen LogP contribution in [0.15, 0.2) is 45.5 Å². The van der Waals surface area contributed by atoms with Gasteiger partial charge in [-0.1, -0.05) is 12.1 Å². The first-order valence-electron chi connectivity index (χ1n) is 7.89. The van der Waals surface area contributed by atoms with Crippen molar-refractivity contribution >= 4 is 39.4 Å². The maximum atomic E-state index is 12.0. The SMILES string of the molecule is COC(=O)CC(C)NC(=O)Cc1ccc(NC(=O)c2ccc(Br)o2)cc1. The molecule has 0 saturated carbocycles. The van der Waals surface area contributed by atoms with E-state index in [4.69, 9.17) is 4.42 Å². The molecule has 1 aromatic carbocycles. The Hall–Kier alpha value is -2.61. The largest absolute Gasteiger partial charge is 0.469 e. The summed E-state index contributed by atoms with van der Waals surface area (Å²) in [6.45, 7) is 1.74. The van der Waals surface area contributed by atoms with E-state index in [-0.39, 0.29) is 42.4 Å². The molecule has 0 fully saturated rings. The second-order valence-electron chi connectivity index (χ2n) is 5.68. The monoisotopic (exact) mass is 422 g/mol. The highest BCUT2D eigenvalue weighted by Gasteiger charge is 2.13. The van der Waals surface area contributed by atoms with Gasteiger partial charge in [0.15, 0.2) is 10.4 Å². The van der Waals surface area contributed by atoms with Gasteiger partial charge in [0.25, 0.3) is 5.91 Å². The molecule has 0 aliphatic heterocycles. The number of hydrogen-bond donors (Lipinski definition) is 2. The second kappa shape index (κ2) is 9.19. The van der Waals surface area contributed by atoms with Gasteiger partial charge in [0.05, 0.1) is 20.0 Å². The standard InChI is InChI=1S/C18H19BrN2O5/c1-11(9-17(23)25-2)20-16(22)10-12-3-5-13(6-4-12)21-18(24)14-7-8-15(19)26-14/h3-8,11H,9-10H2,1-2H3,(H,20,22)(H,21,24). The molecule has 26 heavy (non-hydrogen) atoms. The number of carbonyl (C=O) groups is 3. The summed E-state index contributed by atoms with van der Waals surface area (Å²) in [4.78, 5) is 35.2. The molecule has 7 nitrogen and oxygen atoms in total. The molecule has 0 saturated heterocycles. The van der Waals surface area contributed by atoms with Crippen molar-refractivity contribution in [1.82, 2.24) is 5.32 Å². The Morgan fingerprint density at radius 3 is 2.42 bits per heavy atom. The number of ether oxygens (including phenoxy) is 1. The molecule has 2 N–H and O–H groups in total. The van der Waals surface area contributed by atoms with Crippen LogP contribution in [0.4, 0.5) is 5.69 Å². The van der Waals surface area contributed by atoms with Crippen LogP contribution in [0.3, 0.4) is 0 Å². The molecule has 1 atom stereocenters. The van der Waals surface area contributed by atoms with Crippen molar-refractivity contribution in [3.63, 3.8) is 0 Å². The molecule has 0 bridgehead atoms. The molecule has 138 valence electrons. The average molecular weight is 423 g/mol. The molecular weight excluding hydrogens is 404 g/mol. The molecule has 0 spiro atoms. The molecule has 2 rings (SSSR count). The first-order valence-corrected chi connectivity index (χ1v) is 8.68. The van der Waals surface area contributed by atoms with Crippen LogP contribution in [0.1, 0.15) is 29.5 Å². The van der Waals surface area contributed by atoms with Gasteiger partial charge >= 0.3 is 5.97 Å². The summed E-state index contributed by atoms with van der Waals surface area (Å²) >= 11 is 3.14. The number of carbonyl (C=O) groups excluding carboxylic acids is 3. The van der Waals surface area contributed by atoms with Crippen molar-refractivity contribution in [2.45, 2.75) is 25.8 Å². The summed E-state index contributed by atoms with van der Waals surface area (Å²) in [5.74, 6) is -0.738. The first kappa shape index (κ1) is 19.7. The number of methoxy groups -OCH3 is 1. The number of furan rings is 1. The molecule has 0 aliphatic carbocycles. The van der Waals surface area contributed by atoms with Crippen LogP contribution in [0.25, 0.3) is 0 Å². The number of amides is 2. The zero-order valence-electron chi connectivity index (χ0n) is 14.4. The third-order valence-electron chi connectivity index (χ3n) is 3.48. The quantitative estimate of drug-likeness (QED) is 0.668. The Balaban J connectivity index is 1.85. The Kier molecular flexibility index (Phi) is 6.97. The van der Waals surface area contributed by atoms with Gasteiger partial charge in [-0.2, -0.15) is 0 Å². The van der Waals surface area contributed by atoms with E-state index in [1.807, 2.05) is 0 Å².